The summed E-state index contributed by atoms with van der Waals surface area (Å²) in [5, 5.41) is 5.45. The van der Waals surface area contributed by atoms with Gasteiger partial charge < -0.3 is 25.0 Å². The number of benzene rings is 1. The maximum atomic E-state index is 13.0. The van der Waals surface area contributed by atoms with Gasteiger partial charge >= 0.3 is 12.1 Å². The molecule has 1 aliphatic carbocycles. The Labute approximate surface area is 232 Å². The molecule has 1 fully saturated rings. The number of nitrogens with one attached hydrogen (secondary N) is 2. The van der Waals surface area contributed by atoms with Gasteiger partial charge in [0.05, 0.1) is 0 Å². The number of ether oxygens (including phenoxy) is 2. The van der Waals surface area contributed by atoms with Gasteiger partial charge in [-0.3, -0.25) is 9.59 Å². The minimum absolute atomic E-state index is 0.0158. The molecule has 0 heterocycles. The fraction of sp³-hybridized carbons (Fsp3) is 0.600. The van der Waals surface area contributed by atoms with E-state index >= 15 is 0 Å². The molecule has 2 N–H and O–H groups in total. The van der Waals surface area contributed by atoms with Crippen molar-refractivity contribution in [2.75, 3.05) is 36.9 Å². The molecule has 0 radical (unpaired) electrons. The second kappa shape index (κ2) is 15.3. The summed E-state index contributed by atoms with van der Waals surface area (Å²) in [5.74, 6) is 0.728. The van der Waals surface area contributed by atoms with Crippen molar-refractivity contribution in [3.05, 3.63) is 29.8 Å². The van der Waals surface area contributed by atoms with Gasteiger partial charge in [0.2, 0.25) is 12.3 Å². The first kappa shape index (κ1) is 31.1. The minimum atomic E-state index is -0.984. The number of thioether (sulfide) groups is 1. The van der Waals surface area contributed by atoms with Gasteiger partial charge in [-0.05, 0) is 48.5 Å². The number of halogens is 2. The number of esters is 1. The average molecular weight is 577 g/mol. The lowest BCUT2D eigenvalue weighted by atomic mass is 10.0. The first-order valence-corrected chi connectivity index (χ1v) is 14.5. The van der Waals surface area contributed by atoms with Crippen molar-refractivity contribution in [2.45, 2.75) is 44.9 Å². The zero-order valence-electron chi connectivity index (χ0n) is 21.3. The quantitative estimate of drug-likeness (QED) is 0.134. The molecule has 0 aromatic heterocycles. The Bertz CT molecular complexity index is 914. The Kier molecular flexibility index (Phi) is 12.8. The SMILES string of the molecule is CSC[C@@H]1C[C@]1(NC=O)C(=O)N[C@@H](CC(C)C)C(=O)Oc1ccc(COC(=O)N(CCCl)CCCl)cc1. The van der Waals surface area contributed by atoms with Crippen LogP contribution in [0.1, 0.15) is 32.3 Å². The number of rotatable bonds is 16. The molecule has 37 heavy (non-hydrogen) atoms. The lowest BCUT2D eigenvalue weighted by Gasteiger charge is -2.23. The van der Waals surface area contributed by atoms with E-state index in [1.54, 1.807) is 36.0 Å². The van der Waals surface area contributed by atoms with E-state index in [2.05, 4.69) is 10.6 Å². The van der Waals surface area contributed by atoms with Gasteiger partial charge in [0.1, 0.15) is 23.9 Å². The molecule has 12 heteroatoms. The summed E-state index contributed by atoms with van der Waals surface area (Å²) >= 11 is 13.0. The number of carbonyl (C=O) groups is 4. The van der Waals surface area contributed by atoms with Gasteiger partial charge in [0.15, 0.2) is 0 Å². The Balaban J connectivity index is 1.98. The van der Waals surface area contributed by atoms with Gasteiger partial charge in [-0.25, -0.2) is 9.59 Å². The molecule has 1 saturated carbocycles. The number of alkyl halides is 2. The third-order valence-electron chi connectivity index (χ3n) is 5.96. The van der Waals surface area contributed by atoms with Gasteiger partial charge in [-0.1, -0.05) is 26.0 Å². The molecule has 3 amide bonds. The number of carbonyl (C=O) groups excluding carboxylic acids is 4. The van der Waals surface area contributed by atoms with Crippen LogP contribution in [-0.4, -0.2) is 77.7 Å². The Morgan fingerprint density at radius 3 is 2.38 bits per heavy atom. The molecule has 0 saturated heterocycles. The topological polar surface area (TPSA) is 114 Å². The average Bonchev–Trinajstić information content (AvgIpc) is 3.56. The van der Waals surface area contributed by atoms with Gasteiger partial charge in [-0.2, -0.15) is 11.8 Å². The van der Waals surface area contributed by atoms with Crippen molar-refractivity contribution in [1.29, 1.82) is 0 Å². The fourth-order valence-electron chi connectivity index (χ4n) is 3.91. The highest BCUT2D eigenvalue weighted by Crippen LogP contribution is 2.45. The van der Waals surface area contributed by atoms with E-state index in [0.717, 1.165) is 5.75 Å². The highest BCUT2D eigenvalue weighted by atomic mass is 35.5. The minimum Gasteiger partial charge on any atom is -0.445 e. The van der Waals surface area contributed by atoms with Crippen LogP contribution in [-0.2, 0) is 25.7 Å². The highest BCUT2D eigenvalue weighted by molar-refractivity contribution is 7.98. The zero-order chi connectivity index (χ0) is 27.4. The summed E-state index contributed by atoms with van der Waals surface area (Å²) in [6.07, 6.45) is 2.87. The summed E-state index contributed by atoms with van der Waals surface area (Å²) in [7, 11) is 0. The van der Waals surface area contributed by atoms with Crippen LogP contribution < -0.4 is 15.4 Å². The second-order valence-corrected chi connectivity index (χ2v) is 10.9. The summed E-state index contributed by atoms with van der Waals surface area (Å²) in [5.41, 5.74) is -0.282. The van der Waals surface area contributed by atoms with E-state index < -0.39 is 23.6 Å². The predicted octanol–water partition coefficient (Wildman–Crippen LogP) is 3.41. The molecule has 0 aliphatic heterocycles. The first-order chi connectivity index (χ1) is 17.7. The lowest BCUT2D eigenvalue weighted by Crippen LogP contribution is -2.54. The van der Waals surface area contributed by atoms with E-state index in [-0.39, 0.29) is 36.1 Å². The lowest BCUT2D eigenvalue weighted by molar-refractivity contribution is -0.140. The molecule has 0 unspecified atom stereocenters. The second-order valence-electron chi connectivity index (χ2n) is 9.23. The number of amides is 3. The molecule has 9 nitrogen and oxygen atoms in total. The van der Waals surface area contributed by atoms with Crippen LogP contribution in [0.25, 0.3) is 0 Å². The molecule has 3 atom stereocenters. The Morgan fingerprint density at radius 2 is 1.84 bits per heavy atom. The molecule has 1 aromatic rings. The third-order valence-corrected chi connectivity index (χ3v) is 7.04. The first-order valence-electron chi connectivity index (χ1n) is 12.1. The standard InChI is InChI=1S/C25H35Cl2N3O6S/c1-17(2)12-21(29-23(33)25(28-16-31)13-19(25)15-37-3)22(32)36-20-6-4-18(5-7-20)14-35-24(34)30(10-8-26)11-9-27/h4-7,16-17,19,21H,8-15H2,1-3H3,(H,28,31)(H,29,33)/t19-,21-,25+/m0/s1. The molecule has 1 aromatic carbocycles. The molecule has 1 aliphatic rings. The maximum Gasteiger partial charge on any atom is 0.410 e. The Morgan fingerprint density at radius 1 is 1.19 bits per heavy atom. The van der Waals surface area contributed by atoms with Crippen molar-refractivity contribution in [3.8, 4) is 5.75 Å². The largest absolute Gasteiger partial charge is 0.445 e. The molecule has 0 spiro atoms. The van der Waals surface area contributed by atoms with Crippen LogP contribution in [0.2, 0.25) is 0 Å². The third kappa shape index (κ3) is 9.26. The van der Waals surface area contributed by atoms with Crippen LogP contribution in [0.15, 0.2) is 24.3 Å². The number of hydrogen-bond acceptors (Lipinski definition) is 7. The van der Waals surface area contributed by atoms with Crippen molar-refractivity contribution in [2.24, 2.45) is 11.8 Å². The van der Waals surface area contributed by atoms with Gasteiger partial charge in [0, 0.05) is 30.8 Å². The van der Waals surface area contributed by atoms with Crippen LogP contribution in [0.5, 0.6) is 5.75 Å². The molecule has 2 rings (SSSR count). The molecule has 0 bridgehead atoms. The number of hydrogen-bond donors (Lipinski definition) is 2. The molecular weight excluding hydrogens is 541 g/mol. The van der Waals surface area contributed by atoms with Crippen LogP contribution in [0.3, 0.4) is 0 Å². The van der Waals surface area contributed by atoms with E-state index in [4.69, 9.17) is 32.7 Å². The summed E-state index contributed by atoms with van der Waals surface area (Å²) < 4.78 is 10.8. The molecule has 206 valence electrons. The van der Waals surface area contributed by atoms with E-state index in [1.165, 1.54) is 4.90 Å². The monoisotopic (exact) mass is 575 g/mol. The maximum absolute atomic E-state index is 13.0. The predicted molar refractivity (Wildman–Crippen MR) is 145 cm³/mol. The Hall–Kier alpha value is -2.17. The van der Waals surface area contributed by atoms with Crippen molar-refractivity contribution in [1.82, 2.24) is 15.5 Å². The van der Waals surface area contributed by atoms with Crippen LogP contribution in [0, 0.1) is 11.8 Å². The zero-order valence-corrected chi connectivity index (χ0v) is 23.7. The summed E-state index contributed by atoms with van der Waals surface area (Å²) in [4.78, 5) is 50.8. The summed E-state index contributed by atoms with van der Waals surface area (Å²) in [6.45, 7) is 4.58. The fourth-order valence-corrected chi connectivity index (χ4v) is 5.12. The highest BCUT2D eigenvalue weighted by Gasteiger charge is 2.60. The van der Waals surface area contributed by atoms with E-state index in [1.807, 2.05) is 20.1 Å². The van der Waals surface area contributed by atoms with E-state index in [0.29, 0.717) is 43.7 Å². The van der Waals surface area contributed by atoms with Crippen LogP contribution in [0.4, 0.5) is 4.79 Å². The van der Waals surface area contributed by atoms with Crippen molar-refractivity contribution >= 4 is 59.3 Å². The van der Waals surface area contributed by atoms with E-state index in [9.17, 15) is 19.2 Å². The van der Waals surface area contributed by atoms with Crippen LogP contribution >= 0.6 is 35.0 Å². The van der Waals surface area contributed by atoms with Crippen molar-refractivity contribution < 1.29 is 28.7 Å². The molecular formula is C25H35Cl2N3O6S. The van der Waals surface area contributed by atoms with Gasteiger partial charge in [0.25, 0.3) is 0 Å². The smallest absolute Gasteiger partial charge is 0.410 e. The van der Waals surface area contributed by atoms with Gasteiger partial charge in [-0.15, -0.1) is 23.2 Å². The summed E-state index contributed by atoms with van der Waals surface area (Å²) in [6, 6.07) is 5.67. The van der Waals surface area contributed by atoms with Crippen molar-refractivity contribution in [3.63, 3.8) is 0 Å². The normalized spacial score (nSPS) is 19.0. The number of nitrogens with zero attached hydrogens (tertiary/aromatic N) is 1.